The van der Waals surface area contributed by atoms with E-state index in [9.17, 15) is 9.59 Å². The summed E-state index contributed by atoms with van der Waals surface area (Å²) < 4.78 is 4.69. The number of esters is 1. The van der Waals surface area contributed by atoms with Gasteiger partial charge in [0.1, 0.15) is 0 Å². The number of ether oxygens (including phenoxy) is 1. The summed E-state index contributed by atoms with van der Waals surface area (Å²) in [6.07, 6.45) is 1.69. The van der Waals surface area contributed by atoms with Crippen molar-refractivity contribution in [3.05, 3.63) is 94.8 Å². The van der Waals surface area contributed by atoms with Gasteiger partial charge in [-0.1, -0.05) is 17.7 Å². The second kappa shape index (κ2) is 8.47. The molecule has 2 aromatic carbocycles. The zero-order chi connectivity index (χ0) is 19.2. The van der Waals surface area contributed by atoms with Crippen molar-refractivity contribution >= 4 is 29.2 Å². The van der Waals surface area contributed by atoms with E-state index in [1.54, 1.807) is 59.6 Å². The summed E-state index contributed by atoms with van der Waals surface area (Å²) in [5.41, 5.74) is 2.30. The van der Waals surface area contributed by atoms with Gasteiger partial charge in [0.25, 0.3) is 5.91 Å². The van der Waals surface area contributed by atoms with Crippen LogP contribution in [0.5, 0.6) is 0 Å². The summed E-state index contributed by atoms with van der Waals surface area (Å²) in [6.45, 7) is 0.306. The summed E-state index contributed by atoms with van der Waals surface area (Å²) >= 11 is 5.97. The number of carbonyl (C=O) groups excluding carboxylic acids is 2. The van der Waals surface area contributed by atoms with Crippen LogP contribution in [-0.2, 0) is 11.3 Å². The number of pyridine rings is 1. The molecule has 1 amide bonds. The van der Waals surface area contributed by atoms with Crippen molar-refractivity contribution in [2.75, 3.05) is 12.0 Å². The normalized spacial score (nSPS) is 10.3. The van der Waals surface area contributed by atoms with E-state index < -0.39 is 5.97 Å². The highest BCUT2D eigenvalue weighted by molar-refractivity contribution is 6.30. The highest BCUT2D eigenvalue weighted by Gasteiger charge is 2.19. The highest BCUT2D eigenvalue weighted by atomic mass is 35.5. The monoisotopic (exact) mass is 380 g/mol. The third-order valence-electron chi connectivity index (χ3n) is 3.98. The molecule has 0 unspecified atom stereocenters. The highest BCUT2D eigenvalue weighted by Crippen LogP contribution is 2.22. The molecular weight excluding hydrogens is 364 g/mol. The number of halogens is 1. The van der Waals surface area contributed by atoms with Gasteiger partial charge in [0.2, 0.25) is 0 Å². The molecule has 3 rings (SSSR count). The fourth-order valence-corrected chi connectivity index (χ4v) is 2.70. The minimum Gasteiger partial charge on any atom is -0.465 e. The van der Waals surface area contributed by atoms with E-state index in [1.807, 2.05) is 18.2 Å². The lowest BCUT2D eigenvalue weighted by Crippen LogP contribution is -2.30. The molecule has 0 bridgehead atoms. The Hall–Kier alpha value is -3.18. The predicted molar refractivity (Wildman–Crippen MR) is 104 cm³/mol. The van der Waals surface area contributed by atoms with Crippen LogP contribution in [0.3, 0.4) is 0 Å². The van der Waals surface area contributed by atoms with Crippen molar-refractivity contribution in [3.8, 4) is 0 Å². The zero-order valence-electron chi connectivity index (χ0n) is 14.6. The van der Waals surface area contributed by atoms with Gasteiger partial charge >= 0.3 is 5.97 Å². The number of amides is 1. The minimum absolute atomic E-state index is 0.209. The number of aromatic nitrogens is 1. The van der Waals surface area contributed by atoms with Crippen LogP contribution in [-0.4, -0.2) is 24.0 Å². The summed E-state index contributed by atoms with van der Waals surface area (Å²) in [5.74, 6) is -0.656. The lowest BCUT2D eigenvalue weighted by atomic mass is 10.1. The van der Waals surface area contributed by atoms with E-state index in [1.165, 1.54) is 7.11 Å². The summed E-state index contributed by atoms with van der Waals surface area (Å²) in [4.78, 5) is 30.6. The standard InChI is InChI=1S/C21H17ClN2O3/c1-27-21(26)16-7-5-15(6-8-16)20(25)24(14-18-4-2-3-13-23-18)19-11-9-17(22)10-12-19/h2-13H,14H2,1H3. The molecule has 6 heteroatoms. The van der Waals surface area contributed by atoms with Gasteiger partial charge in [-0.2, -0.15) is 0 Å². The number of hydrogen-bond donors (Lipinski definition) is 0. The van der Waals surface area contributed by atoms with E-state index in [-0.39, 0.29) is 5.91 Å². The van der Waals surface area contributed by atoms with Crippen molar-refractivity contribution in [1.82, 2.24) is 4.98 Å². The molecule has 5 nitrogen and oxygen atoms in total. The Balaban J connectivity index is 1.92. The first-order valence-corrected chi connectivity index (χ1v) is 8.62. The lowest BCUT2D eigenvalue weighted by molar-refractivity contribution is 0.0600. The van der Waals surface area contributed by atoms with E-state index >= 15 is 0 Å². The molecule has 0 radical (unpaired) electrons. The molecule has 0 N–H and O–H groups in total. The van der Waals surface area contributed by atoms with E-state index in [0.717, 1.165) is 5.69 Å². The lowest BCUT2D eigenvalue weighted by Gasteiger charge is -2.23. The fraction of sp³-hybridized carbons (Fsp3) is 0.0952. The van der Waals surface area contributed by atoms with Gasteiger partial charge in [0, 0.05) is 22.5 Å². The average molecular weight is 381 g/mol. The molecule has 1 aromatic heterocycles. The van der Waals surface area contributed by atoms with Crippen LogP contribution < -0.4 is 4.90 Å². The first-order chi connectivity index (χ1) is 13.1. The first kappa shape index (κ1) is 18.6. The Kier molecular flexibility index (Phi) is 5.84. The van der Waals surface area contributed by atoms with Crippen molar-refractivity contribution in [3.63, 3.8) is 0 Å². The molecule has 136 valence electrons. The van der Waals surface area contributed by atoms with Crippen molar-refractivity contribution in [1.29, 1.82) is 0 Å². The second-order valence-corrected chi connectivity index (χ2v) is 6.19. The molecule has 0 aliphatic rings. The number of rotatable bonds is 5. The Bertz CT molecular complexity index is 926. The summed E-state index contributed by atoms with van der Waals surface area (Å²) in [5, 5.41) is 0.589. The SMILES string of the molecule is COC(=O)c1ccc(C(=O)N(Cc2ccccn2)c2ccc(Cl)cc2)cc1. The smallest absolute Gasteiger partial charge is 0.337 e. The van der Waals surface area contributed by atoms with Gasteiger partial charge < -0.3 is 9.64 Å². The topological polar surface area (TPSA) is 59.5 Å². The van der Waals surface area contributed by atoms with Crippen LogP contribution in [0.25, 0.3) is 0 Å². The maximum Gasteiger partial charge on any atom is 0.337 e. The second-order valence-electron chi connectivity index (χ2n) is 5.76. The van der Waals surface area contributed by atoms with Gasteiger partial charge in [-0.15, -0.1) is 0 Å². The van der Waals surface area contributed by atoms with Gasteiger partial charge in [-0.3, -0.25) is 9.78 Å². The maximum absolute atomic E-state index is 13.1. The van der Waals surface area contributed by atoms with Crippen LogP contribution >= 0.6 is 11.6 Å². The average Bonchev–Trinajstić information content (AvgIpc) is 2.72. The van der Waals surface area contributed by atoms with E-state index in [2.05, 4.69) is 9.72 Å². The van der Waals surface area contributed by atoms with Gasteiger partial charge in [0.05, 0.1) is 24.9 Å². The number of anilines is 1. The van der Waals surface area contributed by atoms with E-state index in [0.29, 0.717) is 28.4 Å². The Morgan fingerprint density at radius 3 is 2.22 bits per heavy atom. The maximum atomic E-state index is 13.1. The van der Waals surface area contributed by atoms with E-state index in [4.69, 9.17) is 11.6 Å². The molecule has 0 atom stereocenters. The molecule has 0 saturated carbocycles. The molecule has 0 spiro atoms. The van der Waals surface area contributed by atoms with Crippen LogP contribution in [0.4, 0.5) is 5.69 Å². The van der Waals surface area contributed by atoms with Crippen molar-refractivity contribution in [2.45, 2.75) is 6.54 Å². The third kappa shape index (κ3) is 4.51. The Labute approximate surface area is 162 Å². The Morgan fingerprint density at radius 1 is 0.963 bits per heavy atom. The zero-order valence-corrected chi connectivity index (χ0v) is 15.4. The number of benzene rings is 2. The number of methoxy groups -OCH3 is 1. The van der Waals surface area contributed by atoms with Crippen LogP contribution in [0, 0.1) is 0 Å². The molecule has 0 aliphatic heterocycles. The molecule has 3 aromatic rings. The summed E-state index contributed by atoms with van der Waals surface area (Å²) in [7, 11) is 1.32. The number of carbonyl (C=O) groups is 2. The largest absolute Gasteiger partial charge is 0.465 e. The van der Waals surface area contributed by atoms with Gasteiger partial charge in [0.15, 0.2) is 0 Å². The van der Waals surface area contributed by atoms with Crippen LogP contribution in [0.2, 0.25) is 5.02 Å². The van der Waals surface area contributed by atoms with Crippen LogP contribution in [0.1, 0.15) is 26.4 Å². The van der Waals surface area contributed by atoms with Gasteiger partial charge in [-0.25, -0.2) is 4.79 Å². The Morgan fingerprint density at radius 2 is 1.63 bits per heavy atom. The predicted octanol–water partition coefficient (Wildman–Crippen LogP) is 4.37. The minimum atomic E-state index is -0.447. The third-order valence-corrected chi connectivity index (χ3v) is 4.23. The molecular formula is C21H17ClN2O3. The first-order valence-electron chi connectivity index (χ1n) is 8.24. The van der Waals surface area contributed by atoms with Crippen molar-refractivity contribution in [2.24, 2.45) is 0 Å². The quantitative estimate of drug-likeness (QED) is 0.617. The molecule has 0 fully saturated rings. The van der Waals surface area contributed by atoms with Crippen molar-refractivity contribution < 1.29 is 14.3 Å². The number of nitrogens with zero attached hydrogens (tertiary/aromatic N) is 2. The van der Waals surface area contributed by atoms with Crippen LogP contribution in [0.15, 0.2) is 72.9 Å². The van der Waals surface area contributed by atoms with Gasteiger partial charge in [-0.05, 0) is 60.7 Å². The number of hydrogen-bond acceptors (Lipinski definition) is 4. The summed E-state index contributed by atoms with van der Waals surface area (Å²) in [6, 6.07) is 18.9. The molecule has 1 heterocycles. The molecule has 0 saturated heterocycles. The fourth-order valence-electron chi connectivity index (χ4n) is 2.58. The molecule has 0 aliphatic carbocycles. The molecule has 27 heavy (non-hydrogen) atoms.